The molecule has 5 nitrogen and oxygen atoms in total. The number of aryl methyl sites for hydroxylation is 1. The zero-order chi connectivity index (χ0) is 18.3. The van der Waals surface area contributed by atoms with E-state index >= 15 is 0 Å². The van der Waals surface area contributed by atoms with Crippen molar-refractivity contribution in [3.8, 4) is 0 Å². The Morgan fingerprint density at radius 2 is 2.04 bits per heavy atom. The van der Waals surface area contributed by atoms with E-state index in [2.05, 4.69) is 0 Å². The van der Waals surface area contributed by atoms with Crippen molar-refractivity contribution in [2.24, 2.45) is 0 Å². The summed E-state index contributed by atoms with van der Waals surface area (Å²) in [6.45, 7) is 3.36. The molecular formula is C19H22N2O3S2. The second kappa shape index (κ2) is 6.70. The predicted molar refractivity (Wildman–Crippen MR) is 104 cm³/mol. The number of carbonyl (C=O) groups excluding carboxylic acids is 1. The molecule has 1 aromatic heterocycles. The van der Waals surface area contributed by atoms with Gasteiger partial charge in [0.05, 0.1) is 16.5 Å². The Balaban J connectivity index is 1.55. The van der Waals surface area contributed by atoms with Crippen molar-refractivity contribution in [3.63, 3.8) is 0 Å². The van der Waals surface area contributed by atoms with Gasteiger partial charge >= 0.3 is 0 Å². The van der Waals surface area contributed by atoms with E-state index in [1.54, 1.807) is 20.5 Å². The highest BCUT2D eigenvalue weighted by molar-refractivity contribution is 7.93. The van der Waals surface area contributed by atoms with Crippen molar-refractivity contribution in [2.75, 3.05) is 23.9 Å². The fraction of sp³-hybridized carbons (Fsp3) is 0.421. The lowest BCUT2D eigenvalue weighted by Gasteiger charge is -2.35. The maximum absolute atomic E-state index is 13.2. The standard InChI is InChI=1S/C19H22N2O3S2/c1-14-11-16(13-25-14)19(22)20-9-4-6-17(12-20)26(23,24)21-10-8-15-5-2-3-7-18(15)21/h2-3,5,7,11,13,17H,4,6,8-10,12H2,1H3. The first-order chi connectivity index (χ1) is 12.5. The first kappa shape index (κ1) is 17.5. The number of hydrogen-bond donors (Lipinski definition) is 0. The van der Waals surface area contributed by atoms with Gasteiger partial charge in [0.25, 0.3) is 5.91 Å². The second-order valence-corrected chi connectivity index (χ2v) is 10.2. The number of sulfonamides is 1. The molecule has 0 saturated carbocycles. The highest BCUT2D eigenvalue weighted by Gasteiger charge is 2.39. The van der Waals surface area contributed by atoms with E-state index in [0.717, 1.165) is 22.5 Å². The number of hydrogen-bond acceptors (Lipinski definition) is 4. The van der Waals surface area contributed by atoms with Crippen LogP contribution in [0.15, 0.2) is 35.7 Å². The summed E-state index contributed by atoms with van der Waals surface area (Å²) in [6.07, 6.45) is 2.07. The number of nitrogens with zero attached hydrogens (tertiary/aromatic N) is 2. The average Bonchev–Trinajstić information content (AvgIpc) is 3.28. The fourth-order valence-electron chi connectivity index (χ4n) is 3.86. The normalized spacial score (nSPS) is 20.3. The molecule has 0 aliphatic carbocycles. The molecule has 1 atom stereocenters. The van der Waals surface area contributed by atoms with Crippen LogP contribution in [0.5, 0.6) is 0 Å². The van der Waals surface area contributed by atoms with E-state index in [9.17, 15) is 13.2 Å². The third-order valence-corrected chi connectivity index (χ3v) is 8.30. The first-order valence-electron chi connectivity index (χ1n) is 8.90. The third kappa shape index (κ3) is 3.03. The molecule has 3 heterocycles. The molecule has 7 heteroatoms. The van der Waals surface area contributed by atoms with Crippen LogP contribution in [0.2, 0.25) is 0 Å². The Labute approximate surface area is 158 Å². The maximum atomic E-state index is 13.2. The van der Waals surface area contributed by atoms with Crippen LogP contribution >= 0.6 is 11.3 Å². The van der Waals surface area contributed by atoms with E-state index < -0.39 is 15.3 Å². The van der Waals surface area contributed by atoms with E-state index in [4.69, 9.17) is 0 Å². The largest absolute Gasteiger partial charge is 0.337 e. The van der Waals surface area contributed by atoms with Crippen molar-refractivity contribution < 1.29 is 13.2 Å². The van der Waals surface area contributed by atoms with Gasteiger partial charge < -0.3 is 4.90 Å². The van der Waals surface area contributed by atoms with Crippen molar-refractivity contribution in [1.82, 2.24) is 4.90 Å². The molecular weight excluding hydrogens is 368 g/mol. The van der Waals surface area contributed by atoms with Crippen LogP contribution in [-0.4, -0.2) is 44.1 Å². The molecule has 4 rings (SSSR count). The van der Waals surface area contributed by atoms with Gasteiger partial charge in [0.2, 0.25) is 10.0 Å². The fourth-order valence-corrected chi connectivity index (χ4v) is 6.52. The highest BCUT2D eigenvalue weighted by Crippen LogP contribution is 2.33. The molecule has 26 heavy (non-hydrogen) atoms. The molecule has 1 unspecified atom stereocenters. The minimum atomic E-state index is -3.48. The maximum Gasteiger partial charge on any atom is 0.254 e. The SMILES string of the molecule is Cc1cc(C(=O)N2CCCC(S(=O)(=O)N3CCc4ccccc43)C2)cs1. The van der Waals surface area contributed by atoms with Crippen molar-refractivity contribution in [1.29, 1.82) is 0 Å². The van der Waals surface area contributed by atoms with Gasteiger partial charge in [-0.05, 0) is 43.9 Å². The molecule has 2 aliphatic rings. The van der Waals surface area contributed by atoms with Crippen LogP contribution in [0.25, 0.3) is 0 Å². The van der Waals surface area contributed by atoms with Crippen LogP contribution in [-0.2, 0) is 16.4 Å². The summed E-state index contributed by atoms with van der Waals surface area (Å²) in [6, 6.07) is 9.56. The first-order valence-corrected chi connectivity index (χ1v) is 11.3. The minimum absolute atomic E-state index is 0.0592. The molecule has 1 aromatic carbocycles. The predicted octanol–water partition coefficient (Wildman–Crippen LogP) is 3.05. The summed E-state index contributed by atoms with van der Waals surface area (Å²) in [5.41, 5.74) is 2.54. The summed E-state index contributed by atoms with van der Waals surface area (Å²) < 4.78 is 28.1. The summed E-state index contributed by atoms with van der Waals surface area (Å²) in [4.78, 5) is 15.5. The number of benzene rings is 1. The molecule has 2 aromatic rings. The number of rotatable bonds is 3. The Bertz CT molecular complexity index is 936. The van der Waals surface area contributed by atoms with Gasteiger partial charge in [0, 0.05) is 29.9 Å². The molecule has 0 radical (unpaired) electrons. The monoisotopic (exact) mass is 390 g/mol. The molecule has 1 fully saturated rings. The van der Waals surface area contributed by atoms with Gasteiger partial charge in [-0.2, -0.15) is 0 Å². The van der Waals surface area contributed by atoms with Crippen molar-refractivity contribution in [3.05, 3.63) is 51.7 Å². The van der Waals surface area contributed by atoms with Gasteiger partial charge in [-0.15, -0.1) is 11.3 Å². The summed E-state index contributed by atoms with van der Waals surface area (Å²) in [7, 11) is -3.48. The molecule has 1 saturated heterocycles. The lowest BCUT2D eigenvalue weighted by molar-refractivity contribution is 0.0727. The van der Waals surface area contributed by atoms with Crippen LogP contribution in [0.4, 0.5) is 5.69 Å². The lowest BCUT2D eigenvalue weighted by atomic mass is 10.1. The zero-order valence-corrected chi connectivity index (χ0v) is 16.4. The Morgan fingerprint density at radius 3 is 2.81 bits per heavy atom. The van der Waals surface area contributed by atoms with Gasteiger partial charge in [-0.3, -0.25) is 9.10 Å². The van der Waals surface area contributed by atoms with Gasteiger partial charge in [-0.1, -0.05) is 18.2 Å². The van der Waals surface area contributed by atoms with E-state index in [0.29, 0.717) is 31.5 Å². The number of para-hydroxylation sites is 1. The van der Waals surface area contributed by atoms with Gasteiger partial charge in [-0.25, -0.2) is 8.42 Å². The van der Waals surface area contributed by atoms with E-state index in [1.807, 2.05) is 42.6 Å². The number of carbonyl (C=O) groups is 1. The summed E-state index contributed by atoms with van der Waals surface area (Å²) in [5, 5.41) is 1.32. The number of likely N-dealkylation sites (tertiary alicyclic amines) is 1. The zero-order valence-electron chi connectivity index (χ0n) is 14.7. The Kier molecular flexibility index (Phi) is 4.52. The smallest absolute Gasteiger partial charge is 0.254 e. The number of amides is 1. The Hall–Kier alpha value is -1.86. The molecule has 0 spiro atoms. The van der Waals surface area contributed by atoms with Crippen LogP contribution in [0, 0.1) is 6.92 Å². The van der Waals surface area contributed by atoms with Gasteiger partial charge in [0.1, 0.15) is 0 Å². The minimum Gasteiger partial charge on any atom is -0.337 e. The van der Waals surface area contributed by atoms with Crippen molar-refractivity contribution >= 4 is 33.0 Å². The van der Waals surface area contributed by atoms with Crippen molar-refractivity contribution in [2.45, 2.75) is 31.4 Å². The third-order valence-electron chi connectivity index (χ3n) is 5.22. The van der Waals surface area contributed by atoms with Crippen LogP contribution in [0.3, 0.4) is 0 Å². The quantitative estimate of drug-likeness (QED) is 0.809. The molecule has 1 amide bonds. The summed E-state index contributed by atoms with van der Waals surface area (Å²) in [5.74, 6) is -0.0592. The van der Waals surface area contributed by atoms with Crippen LogP contribution < -0.4 is 4.31 Å². The Morgan fingerprint density at radius 1 is 1.23 bits per heavy atom. The van der Waals surface area contributed by atoms with E-state index in [-0.39, 0.29) is 12.5 Å². The van der Waals surface area contributed by atoms with Gasteiger partial charge in [0.15, 0.2) is 0 Å². The van der Waals surface area contributed by atoms with E-state index in [1.165, 1.54) is 0 Å². The molecule has 0 bridgehead atoms. The average molecular weight is 391 g/mol. The second-order valence-electron chi connectivity index (χ2n) is 6.96. The summed E-state index contributed by atoms with van der Waals surface area (Å²) >= 11 is 1.54. The van der Waals surface area contributed by atoms with Crippen LogP contribution in [0.1, 0.15) is 33.6 Å². The highest BCUT2D eigenvalue weighted by atomic mass is 32.2. The lowest BCUT2D eigenvalue weighted by Crippen LogP contribution is -2.49. The number of fused-ring (bicyclic) bond motifs is 1. The molecule has 2 aliphatic heterocycles. The topological polar surface area (TPSA) is 57.7 Å². The molecule has 0 N–H and O–H groups in total. The molecule has 138 valence electrons. The number of anilines is 1. The number of thiophene rings is 1. The number of piperidine rings is 1.